The highest BCUT2D eigenvalue weighted by atomic mass is 79.9. The maximum absolute atomic E-state index is 12.4. The molecule has 0 radical (unpaired) electrons. The molecule has 0 aliphatic carbocycles. The molecule has 1 unspecified atom stereocenters. The molecule has 1 aromatic carbocycles. The van der Waals surface area contributed by atoms with Gasteiger partial charge in [0.15, 0.2) is 0 Å². The summed E-state index contributed by atoms with van der Waals surface area (Å²) >= 11 is 4.71. The van der Waals surface area contributed by atoms with Gasteiger partial charge in [-0.3, -0.25) is 14.9 Å². The molecule has 2 aromatic rings. The number of rotatable bonds is 4. The molecule has 7 heteroatoms. The fourth-order valence-electron chi connectivity index (χ4n) is 1.90. The van der Waals surface area contributed by atoms with Crippen LogP contribution < -0.4 is 0 Å². The van der Waals surface area contributed by atoms with E-state index in [-0.39, 0.29) is 17.6 Å². The third-order valence-corrected chi connectivity index (χ3v) is 5.10. The Morgan fingerprint density at radius 3 is 2.71 bits per heavy atom. The van der Waals surface area contributed by atoms with Crippen molar-refractivity contribution in [2.24, 2.45) is 0 Å². The number of nitrogens with zero attached hydrogens (tertiary/aromatic N) is 2. The Balaban J connectivity index is 2.25. The fraction of sp³-hybridized carbons (Fsp3) is 0.214. The van der Waals surface area contributed by atoms with Gasteiger partial charge in [-0.2, -0.15) is 0 Å². The van der Waals surface area contributed by atoms with Gasteiger partial charge >= 0.3 is 0 Å². The van der Waals surface area contributed by atoms with E-state index in [1.54, 1.807) is 24.1 Å². The first-order chi connectivity index (χ1) is 9.91. The number of thiophene rings is 1. The van der Waals surface area contributed by atoms with E-state index in [2.05, 4.69) is 15.9 Å². The minimum Gasteiger partial charge on any atom is -0.334 e. The topological polar surface area (TPSA) is 63.5 Å². The molecule has 110 valence electrons. The van der Waals surface area contributed by atoms with Gasteiger partial charge in [0.05, 0.1) is 11.0 Å². The van der Waals surface area contributed by atoms with Crippen molar-refractivity contribution in [3.05, 3.63) is 60.7 Å². The zero-order valence-electron chi connectivity index (χ0n) is 11.4. The SMILES string of the molecule is CC(c1cccc([N+](=O)[O-])c1)N(C)C(=O)c1sccc1Br. The molecular weight excluding hydrogens is 356 g/mol. The number of carbonyl (C=O) groups excluding carboxylic acids is 1. The Hall–Kier alpha value is -1.73. The van der Waals surface area contributed by atoms with E-state index in [9.17, 15) is 14.9 Å². The molecule has 2 rings (SSSR count). The zero-order chi connectivity index (χ0) is 15.6. The van der Waals surface area contributed by atoms with Crippen molar-refractivity contribution in [1.82, 2.24) is 4.90 Å². The van der Waals surface area contributed by atoms with Gasteiger partial charge in [0.25, 0.3) is 11.6 Å². The van der Waals surface area contributed by atoms with E-state index in [0.29, 0.717) is 4.88 Å². The van der Waals surface area contributed by atoms with E-state index in [4.69, 9.17) is 0 Å². The molecule has 1 amide bonds. The minimum atomic E-state index is -0.437. The predicted molar refractivity (Wildman–Crippen MR) is 85.6 cm³/mol. The summed E-state index contributed by atoms with van der Waals surface area (Å²) in [6, 6.07) is 7.91. The Kier molecular flexibility index (Phi) is 4.74. The van der Waals surface area contributed by atoms with Crippen molar-refractivity contribution in [1.29, 1.82) is 0 Å². The number of hydrogen-bond donors (Lipinski definition) is 0. The van der Waals surface area contributed by atoms with Gasteiger partial charge in [-0.05, 0) is 39.9 Å². The largest absolute Gasteiger partial charge is 0.334 e. The van der Waals surface area contributed by atoms with Crippen LogP contribution in [0.1, 0.15) is 28.2 Å². The molecule has 0 bridgehead atoms. The van der Waals surface area contributed by atoms with Crippen LogP contribution in [0.25, 0.3) is 0 Å². The zero-order valence-corrected chi connectivity index (χ0v) is 13.8. The maximum Gasteiger partial charge on any atom is 0.269 e. The summed E-state index contributed by atoms with van der Waals surface area (Å²) in [5.41, 5.74) is 0.755. The number of amides is 1. The summed E-state index contributed by atoms with van der Waals surface area (Å²) < 4.78 is 0.760. The number of carbonyl (C=O) groups is 1. The molecule has 1 heterocycles. The van der Waals surface area contributed by atoms with Crippen molar-refractivity contribution in [2.45, 2.75) is 13.0 Å². The average Bonchev–Trinajstić information content (AvgIpc) is 2.91. The van der Waals surface area contributed by atoms with Gasteiger partial charge in [0.2, 0.25) is 0 Å². The molecule has 1 aromatic heterocycles. The number of nitro benzene ring substituents is 1. The highest BCUT2D eigenvalue weighted by Crippen LogP contribution is 2.28. The van der Waals surface area contributed by atoms with Gasteiger partial charge in [-0.15, -0.1) is 11.3 Å². The lowest BCUT2D eigenvalue weighted by Gasteiger charge is -2.25. The third kappa shape index (κ3) is 3.30. The van der Waals surface area contributed by atoms with Gasteiger partial charge in [-0.25, -0.2) is 0 Å². The average molecular weight is 369 g/mol. The Labute approximate surface area is 134 Å². The van der Waals surface area contributed by atoms with Crippen LogP contribution >= 0.6 is 27.3 Å². The summed E-state index contributed by atoms with van der Waals surface area (Å²) in [6.07, 6.45) is 0. The Morgan fingerprint density at radius 1 is 1.43 bits per heavy atom. The van der Waals surface area contributed by atoms with Gasteiger partial charge in [0, 0.05) is 23.7 Å². The monoisotopic (exact) mass is 368 g/mol. The standard InChI is InChI=1S/C14H13BrN2O3S/c1-9(10-4-3-5-11(8-10)17(19)20)16(2)14(18)13-12(15)6-7-21-13/h3-9H,1-2H3. The molecule has 0 fully saturated rings. The molecule has 1 atom stereocenters. The van der Waals surface area contributed by atoms with Crippen molar-refractivity contribution < 1.29 is 9.72 Å². The van der Waals surface area contributed by atoms with Crippen LogP contribution in [-0.4, -0.2) is 22.8 Å². The van der Waals surface area contributed by atoms with Crippen LogP contribution in [0.15, 0.2) is 40.2 Å². The van der Waals surface area contributed by atoms with Crippen LogP contribution in [0.2, 0.25) is 0 Å². The molecule has 0 saturated heterocycles. The minimum absolute atomic E-state index is 0.0255. The van der Waals surface area contributed by atoms with Crippen LogP contribution in [-0.2, 0) is 0 Å². The van der Waals surface area contributed by atoms with E-state index in [1.165, 1.54) is 23.5 Å². The van der Waals surface area contributed by atoms with Crippen molar-refractivity contribution >= 4 is 38.9 Å². The second kappa shape index (κ2) is 6.36. The molecule has 0 aliphatic heterocycles. The van der Waals surface area contributed by atoms with Crippen LogP contribution in [0.4, 0.5) is 5.69 Å². The first-order valence-corrected chi connectivity index (χ1v) is 7.83. The van der Waals surface area contributed by atoms with Gasteiger partial charge < -0.3 is 4.90 Å². The molecule has 0 spiro atoms. The number of non-ortho nitro benzene ring substituents is 1. The van der Waals surface area contributed by atoms with Crippen molar-refractivity contribution in [2.75, 3.05) is 7.05 Å². The summed E-state index contributed by atoms with van der Waals surface area (Å²) in [5, 5.41) is 12.7. The first kappa shape index (κ1) is 15.7. The molecule has 5 nitrogen and oxygen atoms in total. The summed E-state index contributed by atoms with van der Waals surface area (Å²) in [6.45, 7) is 1.85. The lowest BCUT2D eigenvalue weighted by molar-refractivity contribution is -0.384. The first-order valence-electron chi connectivity index (χ1n) is 6.16. The lowest BCUT2D eigenvalue weighted by Crippen LogP contribution is -2.29. The van der Waals surface area contributed by atoms with Crippen LogP contribution in [0, 0.1) is 10.1 Å². The van der Waals surface area contributed by atoms with Gasteiger partial charge in [-0.1, -0.05) is 12.1 Å². The predicted octanol–water partition coefficient (Wildman–Crippen LogP) is 4.25. The second-order valence-electron chi connectivity index (χ2n) is 4.54. The number of halogens is 1. The van der Waals surface area contributed by atoms with Crippen LogP contribution in [0.5, 0.6) is 0 Å². The van der Waals surface area contributed by atoms with E-state index in [1.807, 2.05) is 18.4 Å². The molecular formula is C14H13BrN2O3S. The molecule has 0 saturated carbocycles. The third-order valence-electron chi connectivity index (χ3n) is 3.28. The fourth-order valence-corrected chi connectivity index (χ4v) is 3.43. The quantitative estimate of drug-likeness (QED) is 0.598. The summed E-state index contributed by atoms with van der Waals surface area (Å²) in [7, 11) is 1.69. The van der Waals surface area contributed by atoms with E-state index < -0.39 is 4.92 Å². The van der Waals surface area contributed by atoms with Crippen molar-refractivity contribution in [3.63, 3.8) is 0 Å². The highest BCUT2D eigenvalue weighted by Gasteiger charge is 2.22. The number of hydrogen-bond acceptors (Lipinski definition) is 4. The number of benzene rings is 1. The van der Waals surface area contributed by atoms with Crippen LogP contribution in [0.3, 0.4) is 0 Å². The molecule has 21 heavy (non-hydrogen) atoms. The second-order valence-corrected chi connectivity index (χ2v) is 6.31. The normalized spacial score (nSPS) is 12.0. The lowest BCUT2D eigenvalue weighted by atomic mass is 10.1. The van der Waals surface area contributed by atoms with Gasteiger partial charge in [0.1, 0.15) is 4.88 Å². The van der Waals surface area contributed by atoms with E-state index >= 15 is 0 Å². The molecule has 0 N–H and O–H groups in total. The number of nitro groups is 1. The Bertz CT molecular complexity index is 686. The summed E-state index contributed by atoms with van der Waals surface area (Å²) in [4.78, 5) is 25.0. The summed E-state index contributed by atoms with van der Waals surface area (Å²) in [5.74, 6) is -0.115. The Morgan fingerprint density at radius 2 is 2.14 bits per heavy atom. The maximum atomic E-state index is 12.4. The smallest absolute Gasteiger partial charge is 0.269 e. The van der Waals surface area contributed by atoms with Crippen molar-refractivity contribution in [3.8, 4) is 0 Å². The molecule has 0 aliphatic rings. The highest BCUT2D eigenvalue weighted by molar-refractivity contribution is 9.10. The van der Waals surface area contributed by atoms with E-state index in [0.717, 1.165) is 10.0 Å².